The van der Waals surface area contributed by atoms with Gasteiger partial charge in [-0.1, -0.05) is 0 Å². The van der Waals surface area contributed by atoms with E-state index >= 15 is 0 Å². The van der Waals surface area contributed by atoms with Crippen LogP contribution in [0.25, 0.3) is 0 Å². The van der Waals surface area contributed by atoms with Gasteiger partial charge in [-0.05, 0) is 48.5 Å². The van der Waals surface area contributed by atoms with E-state index in [9.17, 15) is 14.5 Å². The monoisotopic (exact) mass is 424 g/mol. The maximum Gasteiger partial charge on any atom is 0.353 e. The van der Waals surface area contributed by atoms with Gasteiger partial charge < -0.3 is 24.8 Å². The zero-order valence-corrected chi connectivity index (χ0v) is 16.1. The molecule has 0 aliphatic rings. The Bertz CT molecular complexity index is 1130. The van der Waals surface area contributed by atoms with E-state index in [-0.39, 0.29) is 30.7 Å². The van der Waals surface area contributed by atoms with E-state index in [4.69, 9.17) is 14.6 Å². The Morgan fingerprint density at radius 3 is 2.16 bits per heavy atom. The lowest BCUT2D eigenvalue weighted by atomic mass is 10.3. The fourth-order valence-electron chi connectivity index (χ4n) is 2.92. The van der Waals surface area contributed by atoms with Crippen molar-refractivity contribution in [2.45, 2.75) is 13.1 Å². The third kappa shape index (κ3) is 4.61. The second kappa shape index (κ2) is 8.53. The third-order valence-corrected chi connectivity index (χ3v) is 4.33. The number of hydrogen-bond donors (Lipinski definition) is 2. The van der Waals surface area contributed by atoms with Gasteiger partial charge in [0.15, 0.2) is 0 Å². The molecule has 3 N–H and O–H groups in total. The highest BCUT2D eigenvalue weighted by molar-refractivity contribution is 5.74. The Hall–Kier alpha value is -4.41. The van der Waals surface area contributed by atoms with Crippen LogP contribution in [-0.4, -0.2) is 14.9 Å². The highest BCUT2D eigenvalue weighted by Crippen LogP contribution is 2.33. The summed E-state index contributed by atoms with van der Waals surface area (Å²) in [6.07, 6.45) is 3.07. The molecule has 0 spiro atoms. The number of nitrogens with two attached hydrogens (primary N) is 1. The van der Waals surface area contributed by atoms with Crippen LogP contribution >= 0.6 is 0 Å². The molecule has 3 heterocycles. The standard InChI is InChI=1S/C20H17FN6O4/c21-13-5-7-14(8-6-13)23-19-17(27(28)29)18(22)24-20(25-19)26(11-15-3-1-9-30-15)12-16-4-2-10-31-16/h1-10H,11-12H2,(H3,22,23,24,25). The van der Waals surface area contributed by atoms with E-state index in [2.05, 4.69) is 15.3 Å². The van der Waals surface area contributed by atoms with Crippen LogP contribution in [0, 0.1) is 15.9 Å². The summed E-state index contributed by atoms with van der Waals surface area (Å²) >= 11 is 0. The summed E-state index contributed by atoms with van der Waals surface area (Å²) < 4.78 is 24.1. The molecule has 4 rings (SSSR count). The minimum Gasteiger partial charge on any atom is -0.467 e. The molecule has 0 aliphatic carbocycles. The first kappa shape index (κ1) is 19.9. The van der Waals surface area contributed by atoms with E-state index in [1.807, 2.05) is 0 Å². The molecule has 0 atom stereocenters. The quantitative estimate of drug-likeness (QED) is 0.314. The summed E-state index contributed by atoms with van der Waals surface area (Å²) in [6, 6.07) is 12.4. The number of anilines is 4. The van der Waals surface area contributed by atoms with Gasteiger partial charge in [0.25, 0.3) is 0 Å². The molecule has 0 unspecified atom stereocenters. The topological polar surface area (TPSA) is 136 Å². The summed E-state index contributed by atoms with van der Waals surface area (Å²) in [5.74, 6) is 0.498. The van der Waals surface area contributed by atoms with Gasteiger partial charge in [0.1, 0.15) is 17.3 Å². The molecule has 3 aromatic heterocycles. The van der Waals surface area contributed by atoms with Gasteiger partial charge in [-0.2, -0.15) is 9.97 Å². The highest BCUT2D eigenvalue weighted by Gasteiger charge is 2.26. The molecule has 1 aromatic carbocycles. The maximum atomic E-state index is 13.2. The van der Waals surface area contributed by atoms with Crippen molar-refractivity contribution in [3.05, 3.63) is 88.5 Å². The molecule has 0 amide bonds. The fraction of sp³-hybridized carbons (Fsp3) is 0.100. The number of hydrogen-bond acceptors (Lipinski definition) is 9. The predicted molar refractivity (Wildman–Crippen MR) is 110 cm³/mol. The summed E-state index contributed by atoms with van der Waals surface area (Å²) in [7, 11) is 0. The summed E-state index contributed by atoms with van der Waals surface area (Å²) in [4.78, 5) is 21.1. The number of rotatable bonds is 8. The van der Waals surface area contributed by atoms with Gasteiger partial charge in [0, 0.05) is 5.69 Å². The summed E-state index contributed by atoms with van der Waals surface area (Å²) in [6.45, 7) is 0.530. The van der Waals surface area contributed by atoms with E-state index in [1.54, 1.807) is 29.2 Å². The van der Waals surface area contributed by atoms with Gasteiger partial charge in [0.05, 0.1) is 30.5 Å². The first-order valence-corrected chi connectivity index (χ1v) is 9.14. The van der Waals surface area contributed by atoms with Crippen molar-refractivity contribution >= 4 is 29.0 Å². The van der Waals surface area contributed by atoms with Crippen LogP contribution in [0.4, 0.5) is 33.3 Å². The average Bonchev–Trinajstić information content (AvgIpc) is 3.43. The predicted octanol–water partition coefficient (Wildman–Crippen LogP) is 4.24. The number of nitro groups is 1. The molecule has 4 aromatic rings. The van der Waals surface area contributed by atoms with Crippen LogP contribution in [0.3, 0.4) is 0 Å². The normalized spacial score (nSPS) is 10.7. The Kier molecular flexibility index (Phi) is 5.47. The molecule has 0 saturated carbocycles. The lowest BCUT2D eigenvalue weighted by Gasteiger charge is -2.21. The average molecular weight is 424 g/mol. The van der Waals surface area contributed by atoms with Crippen LogP contribution < -0.4 is 16.0 Å². The number of furan rings is 2. The Morgan fingerprint density at radius 1 is 1.03 bits per heavy atom. The van der Waals surface area contributed by atoms with Crippen molar-refractivity contribution in [3.8, 4) is 0 Å². The molecule has 0 radical (unpaired) electrons. The molecular formula is C20H17FN6O4. The molecule has 0 bridgehead atoms. The largest absolute Gasteiger partial charge is 0.467 e. The molecular weight excluding hydrogens is 407 g/mol. The van der Waals surface area contributed by atoms with Crippen LogP contribution in [0.5, 0.6) is 0 Å². The second-order valence-electron chi connectivity index (χ2n) is 6.51. The van der Waals surface area contributed by atoms with E-state index in [0.717, 1.165) is 0 Å². The maximum absolute atomic E-state index is 13.2. The van der Waals surface area contributed by atoms with Crippen LogP contribution in [-0.2, 0) is 13.1 Å². The Balaban J connectivity index is 1.74. The number of aromatic nitrogens is 2. The van der Waals surface area contributed by atoms with E-state index in [0.29, 0.717) is 17.2 Å². The van der Waals surface area contributed by atoms with Gasteiger partial charge in [0.2, 0.25) is 17.6 Å². The third-order valence-electron chi connectivity index (χ3n) is 4.33. The molecule has 158 valence electrons. The molecule has 0 fully saturated rings. The lowest BCUT2D eigenvalue weighted by molar-refractivity contribution is -0.383. The summed E-state index contributed by atoms with van der Waals surface area (Å²) in [5, 5.41) is 14.4. The first-order chi connectivity index (χ1) is 15.0. The van der Waals surface area contributed by atoms with Gasteiger partial charge in [-0.15, -0.1) is 0 Å². The van der Waals surface area contributed by atoms with Crippen molar-refractivity contribution in [1.29, 1.82) is 0 Å². The van der Waals surface area contributed by atoms with E-state index in [1.165, 1.54) is 36.8 Å². The molecule has 10 nitrogen and oxygen atoms in total. The van der Waals surface area contributed by atoms with Crippen LogP contribution in [0.1, 0.15) is 11.5 Å². The smallest absolute Gasteiger partial charge is 0.353 e. The molecule has 0 aliphatic heterocycles. The second-order valence-corrected chi connectivity index (χ2v) is 6.51. The highest BCUT2D eigenvalue weighted by atomic mass is 19.1. The Morgan fingerprint density at radius 2 is 1.65 bits per heavy atom. The van der Waals surface area contributed by atoms with Crippen molar-refractivity contribution < 1.29 is 18.1 Å². The van der Waals surface area contributed by atoms with Crippen LogP contribution in [0.2, 0.25) is 0 Å². The number of nitrogens with one attached hydrogen (secondary N) is 1. The molecule has 0 saturated heterocycles. The Labute approximate surface area is 175 Å². The zero-order chi connectivity index (χ0) is 21.8. The minimum atomic E-state index is -0.672. The number of nitrogen functional groups attached to an aromatic ring is 1. The van der Waals surface area contributed by atoms with Gasteiger partial charge in [-0.3, -0.25) is 10.1 Å². The molecule has 11 heteroatoms. The number of halogens is 1. The number of benzene rings is 1. The van der Waals surface area contributed by atoms with Crippen molar-refractivity contribution in [2.24, 2.45) is 0 Å². The first-order valence-electron chi connectivity index (χ1n) is 9.14. The van der Waals surface area contributed by atoms with Crippen molar-refractivity contribution in [1.82, 2.24) is 9.97 Å². The fourth-order valence-corrected chi connectivity index (χ4v) is 2.92. The van der Waals surface area contributed by atoms with Crippen LogP contribution in [0.15, 0.2) is 69.9 Å². The van der Waals surface area contributed by atoms with Crippen molar-refractivity contribution in [3.63, 3.8) is 0 Å². The lowest BCUT2D eigenvalue weighted by Crippen LogP contribution is -2.25. The van der Waals surface area contributed by atoms with Gasteiger partial charge >= 0.3 is 5.69 Å². The van der Waals surface area contributed by atoms with Gasteiger partial charge in [-0.25, -0.2) is 4.39 Å². The number of nitrogens with zero attached hydrogens (tertiary/aromatic N) is 4. The van der Waals surface area contributed by atoms with Crippen molar-refractivity contribution in [2.75, 3.05) is 16.0 Å². The SMILES string of the molecule is Nc1nc(N(Cc2ccco2)Cc2ccco2)nc(Nc2ccc(F)cc2)c1[N+](=O)[O-]. The molecule has 31 heavy (non-hydrogen) atoms. The summed E-state index contributed by atoms with van der Waals surface area (Å²) in [5.41, 5.74) is 5.84. The van der Waals surface area contributed by atoms with E-state index < -0.39 is 16.4 Å². The minimum absolute atomic E-state index is 0.122. The zero-order valence-electron chi connectivity index (χ0n) is 16.1.